The number of benzene rings is 2. The van der Waals surface area contributed by atoms with E-state index in [-0.39, 0.29) is 17.6 Å². The summed E-state index contributed by atoms with van der Waals surface area (Å²) in [5.41, 5.74) is 1.42. The minimum atomic E-state index is -0.799. The van der Waals surface area contributed by atoms with Gasteiger partial charge in [0, 0.05) is 24.3 Å². The minimum absolute atomic E-state index is 0.0531. The van der Waals surface area contributed by atoms with Crippen LogP contribution in [0.3, 0.4) is 0 Å². The SMILES string of the molecule is CC[C@@H](Oc1ccccc1F)C(=O)Nc1ccc(N2CCCC2=O)cc1. The first-order chi connectivity index (χ1) is 12.6. The van der Waals surface area contributed by atoms with Gasteiger partial charge in [0.05, 0.1) is 0 Å². The summed E-state index contributed by atoms with van der Waals surface area (Å²) in [5.74, 6) is -0.678. The first-order valence-corrected chi connectivity index (χ1v) is 8.71. The number of para-hydroxylation sites is 1. The molecule has 1 saturated heterocycles. The van der Waals surface area contributed by atoms with Crippen LogP contribution >= 0.6 is 0 Å². The number of nitrogens with zero attached hydrogens (tertiary/aromatic N) is 1. The Morgan fingerprint density at radius 3 is 2.58 bits per heavy atom. The van der Waals surface area contributed by atoms with E-state index in [1.807, 2.05) is 0 Å². The van der Waals surface area contributed by atoms with Crippen molar-refractivity contribution in [2.75, 3.05) is 16.8 Å². The Kier molecular flexibility index (Phi) is 5.51. The Morgan fingerprint density at radius 1 is 1.23 bits per heavy atom. The third-order valence-electron chi connectivity index (χ3n) is 4.29. The van der Waals surface area contributed by atoms with E-state index in [9.17, 15) is 14.0 Å². The molecule has 1 N–H and O–H groups in total. The van der Waals surface area contributed by atoms with Crippen molar-refractivity contribution in [3.05, 3.63) is 54.3 Å². The zero-order valence-corrected chi connectivity index (χ0v) is 14.6. The predicted molar refractivity (Wildman–Crippen MR) is 97.8 cm³/mol. The minimum Gasteiger partial charge on any atom is -0.478 e. The third-order valence-corrected chi connectivity index (χ3v) is 4.29. The van der Waals surface area contributed by atoms with Gasteiger partial charge in [-0.2, -0.15) is 0 Å². The van der Waals surface area contributed by atoms with E-state index >= 15 is 0 Å². The fraction of sp³-hybridized carbons (Fsp3) is 0.300. The molecule has 3 rings (SSSR count). The zero-order chi connectivity index (χ0) is 18.5. The number of carbonyl (C=O) groups excluding carboxylic acids is 2. The molecule has 1 fully saturated rings. The van der Waals surface area contributed by atoms with E-state index < -0.39 is 11.9 Å². The highest BCUT2D eigenvalue weighted by Crippen LogP contribution is 2.23. The molecule has 2 aromatic carbocycles. The standard InChI is InChI=1S/C20H21FN2O3/c1-2-17(26-18-7-4-3-6-16(18)21)20(25)22-14-9-11-15(12-10-14)23-13-5-8-19(23)24/h3-4,6-7,9-12,17H,2,5,8,13H2,1H3,(H,22,25)/t17-/m1/s1. The average molecular weight is 356 g/mol. The number of nitrogens with one attached hydrogen (secondary N) is 1. The molecule has 136 valence electrons. The molecule has 26 heavy (non-hydrogen) atoms. The van der Waals surface area contributed by atoms with Gasteiger partial charge in [-0.3, -0.25) is 9.59 Å². The Morgan fingerprint density at radius 2 is 1.96 bits per heavy atom. The van der Waals surface area contributed by atoms with Crippen molar-refractivity contribution in [2.45, 2.75) is 32.3 Å². The Balaban J connectivity index is 1.64. The highest BCUT2D eigenvalue weighted by Gasteiger charge is 2.22. The monoisotopic (exact) mass is 356 g/mol. The van der Waals surface area contributed by atoms with E-state index in [0.29, 0.717) is 18.5 Å². The van der Waals surface area contributed by atoms with Crippen molar-refractivity contribution in [3.8, 4) is 5.75 Å². The quantitative estimate of drug-likeness (QED) is 0.858. The molecule has 0 aromatic heterocycles. The molecule has 1 aliphatic heterocycles. The van der Waals surface area contributed by atoms with Crippen molar-refractivity contribution in [3.63, 3.8) is 0 Å². The second-order valence-electron chi connectivity index (χ2n) is 6.13. The molecular weight excluding hydrogens is 335 g/mol. The Labute approximate surface area is 151 Å². The third kappa shape index (κ3) is 4.02. The molecule has 2 aromatic rings. The second-order valence-corrected chi connectivity index (χ2v) is 6.13. The zero-order valence-electron chi connectivity index (χ0n) is 14.6. The molecule has 0 bridgehead atoms. The van der Waals surface area contributed by atoms with Crippen LogP contribution in [-0.2, 0) is 9.59 Å². The summed E-state index contributed by atoms with van der Waals surface area (Å²) in [5, 5.41) is 2.77. The largest absolute Gasteiger partial charge is 0.478 e. The molecule has 1 atom stereocenters. The molecule has 6 heteroatoms. The van der Waals surface area contributed by atoms with Crippen LogP contribution in [0.1, 0.15) is 26.2 Å². The van der Waals surface area contributed by atoms with Crippen LogP contribution < -0.4 is 15.0 Å². The Hall–Kier alpha value is -2.89. The van der Waals surface area contributed by atoms with Crippen LogP contribution in [0.25, 0.3) is 0 Å². The lowest BCUT2D eigenvalue weighted by atomic mass is 10.2. The van der Waals surface area contributed by atoms with Gasteiger partial charge in [0.25, 0.3) is 5.91 Å². The first-order valence-electron chi connectivity index (χ1n) is 8.71. The molecule has 0 unspecified atom stereocenters. The Bertz CT molecular complexity index is 792. The highest BCUT2D eigenvalue weighted by atomic mass is 19.1. The van der Waals surface area contributed by atoms with E-state index in [2.05, 4.69) is 5.32 Å². The lowest BCUT2D eigenvalue weighted by Gasteiger charge is -2.19. The fourth-order valence-electron chi connectivity index (χ4n) is 2.88. The molecule has 0 radical (unpaired) electrons. The molecule has 1 heterocycles. The number of hydrogen-bond acceptors (Lipinski definition) is 3. The van der Waals surface area contributed by atoms with Crippen molar-refractivity contribution < 1.29 is 18.7 Å². The number of halogens is 1. The number of amides is 2. The van der Waals surface area contributed by atoms with Crippen molar-refractivity contribution in [1.29, 1.82) is 0 Å². The number of anilines is 2. The summed E-state index contributed by atoms with van der Waals surface area (Å²) in [6, 6.07) is 13.1. The van der Waals surface area contributed by atoms with Gasteiger partial charge in [0.2, 0.25) is 5.91 Å². The molecule has 0 aliphatic carbocycles. The predicted octanol–water partition coefficient (Wildman–Crippen LogP) is 3.75. The summed E-state index contributed by atoms with van der Waals surface area (Å²) in [6.45, 7) is 2.52. The summed E-state index contributed by atoms with van der Waals surface area (Å²) < 4.78 is 19.2. The van der Waals surface area contributed by atoms with Gasteiger partial charge >= 0.3 is 0 Å². The average Bonchev–Trinajstić information content (AvgIpc) is 3.07. The van der Waals surface area contributed by atoms with Crippen LogP contribution in [0.4, 0.5) is 15.8 Å². The highest BCUT2D eigenvalue weighted by molar-refractivity contribution is 5.97. The van der Waals surface area contributed by atoms with Crippen LogP contribution in [0.2, 0.25) is 0 Å². The topological polar surface area (TPSA) is 58.6 Å². The fourth-order valence-corrected chi connectivity index (χ4v) is 2.88. The van der Waals surface area contributed by atoms with Gasteiger partial charge in [-0.1, -0.05) is 19.1 Å². The van der Waals surface area contributed by atoms with E-state index in [1.165, 1.54) is 12.1 Å². The van der Waals surface area contributed by atoms with Crippen molar-refractivity contribution in [1.82, 2.24) is 0 Å². The van der Waals surface area contributed by atoms with Crippen LogP contribution in [0, 0.1) is 5.82 Å². The van der Waals surface area contributed by atoms with Crippen LogP contribution in [0.5, 0.6) is 5.75 Å². The molecule has 0 saturated carbocycles. The van der Waals surface area contributed by atoms with Gasteiger partial charge in [0.15, 0.2) is 17.7 Å². The van der Waals surface area contributed by atoms with Crippen LogP contribution in [0.15, 0.2) is 48.5 Å². The maximum atomic E-state index is 13.7. The van der Waals surface area contributed by atoms with Gasteiger partial charge in [-0.25, -0.2) is 4.39 Å². The number of ether oxygens (including phenoxy) is 1. The van der Waals surface area contributed by atoms with Crippen molar-refractivity contribution >= 4 is 23.2 Å². The molecule has 2 amide bonds. The summed E-state index contributed by atoms with van der Waals surface area (Å²) in [4.78, 5) is 25.9. The van der Waals surface area contributed by atoms with Gasteiger partial charge < -0.3 is 15.0 Å². The number of carbonyl (C=O) groups is 2. The summed E-state index contributed by atoms with van der Waals surface area (Å²) in [6.07, 6.45) is 1.04. The number of rotatable bonds is 6. The second kappa shape index (κ2) is 7.99. The van der Waals surface area contributed by atoms with E-state index in [0.717, 1.165) is 18.7 Å². The summed E-state index contributed by atoms with van der Waals surface area (Å²) in [7, 11) is 0. The van der Waals surface area contributed by atoms with E-state index in [1.54, 1.807) is 48.2 Å². The molecule has 5 nitrogen and oxygen atoms in total. The van der Waals surface area contributed by atoms with E-state index in [4.69, 9.17) is 4.74 Å². The van der Waals surface area contributed by atoms with Gasteiger partial charge in [0.1, 0.15) is 0 Å². The number of hydrogen-bond donors (Lipinski definition) is 1. The smallest absolute Gasteiger partial charge is 0.265 e. The molecule has 0 spiro atoms. The lowest BCUT2D eigenvalue weighted by molar-refractivity contribution is -0.123. The van der Waals surface area contributed by atoms with Gasteiger partial charge in [-0.05, 0) is 49.2 Å². The maximum Gasteiger partial charge on any atom is 0.265 e. The summed E-state index contributed by atoms with van der Waals surface area (Å²) >= 11 is 0. The van der Waals surface area contributed by atoms with Crippen LogP contribution in [-0.4, -0.2) is 24.5 Å². The van der Waals surface area contributed by atoms with Crippen molar-refractivity contribution in [2.24, 2.45) is 0 Å². The normalized spacial score (nSPS) is 15.0. The first kappa shape index (κ1) is 17.9. The lowest BCUT2D eigenvalue weighted by Crippen LogP contribution is -2.32. The molecule has 1 aliphatic rings. The van der Waals surface area contributed by atoms with Gasteiger partial charge in [-0.15, -0.1) is 0 Å². The maximum absolute atomic E-state index is 13.7. The molecular formula is C20H21FN2O3.